The predicted octanol–water partition coefficient (Wildman–Crippen LogP) is 5.49. The quantitative estimate of drug-likeness (QED) is 0.310. The summed E-state index contributed by atoms with van der Waals surface area (Å²) in [6, 6.07) is 0. The van der Waals surface area contributed by atoms with Gasteiger partial charge in [0.2, 0.25) is 0 Å². The maximum atomic E-state index is 11.1. The summed E-state index contributed by atoms with van der Waals surface area (Å²) in [7, 11) is 0. The first-order valence-electron chi connectivity index (χ1n) is 4.26. The second kappa shape index (κ2) is 6.21. The minimum absolute atomic E-state index is 0.0143. The molecule has 0 spiro atoms. The Morgan fingerprint density at radius 2 is 1.35 bits per heavy atom. The lowest BCUT2D eigenvalue weighted by molar-refractivity contribution is 0.104. The molecule has 0 atom stereocenters. The Hall–Kier alpha value is -0.0600. The first kappa shape index (κ1) is 15.0. The highest BCUT2D eigenvalue weighted by Gasteiger charge is 2.22. The van der Waals surface area contributed by atoms with Crippen LogP contribution in [0.25, 0.3) is 0 Å². The fourth-order valence-electron chi connectivity index (χ4n) is 0.905. The number of halogens is 5. The van der Waals surface area contributed by atoms with Gasteiger partial charge in [0, 0.05) is 0 Å². The molecule has 0 aromatic heterocycles. The monoisotopic (exact) mass is 336 g/mol. The third-order valence-corrected chi connectivity index (χ3v) is 3.86. The van der Waals surface area contributed by atoms with E-state index in [9.17, 15) is 4.79 Å². The number of benzene rings is 1. The summed E-state index contributed by atoms with van der Waals surface area (Å²) in [6.45, 7) is 1.76. The minimum Gasteiger partial charge on any atom is -0.434 e. The van der Waals surface area contributed by atoms with Gasteiger partial charge in [0.1, 0.15) is 10.0 Å². The van der Waals surface area contributed by atoms with E-state index in [1.807, 2.05) is 0 Å². The van der Waals surface area contributed by atoms with E-state index in [1.165, 1.54) is 0 Å². The first-order chi connectivity index (χ1) is 7.90. The molecule has 0 aliphatic rings. The van der Waals surface area contributed by atoms with Crippen LogP contribution in [0.4, 0.5) is 4.79 Å². The fourth-order valence-corrected chi connectivity index (χ4v) is 2.10. The molecule has 1 rings (SSSR count). The number of hydrogen-bond donors (Lipinski definition) is 0. The van der Waals surface area contributed by atoms with Crippen molar-refractivity contribution in [3.8, 4) is 5.75 Å². The van der Waals surface area contributed by atoms with Crippen molar-refractivity contribution in [1.29, 1.82) is 0 Å². The van der Waals surface area contributed by atoms with Crippen LogP contribution in [0.2, 0.25) is 25.1 Å². The van der Waals surface area contributed by atoms with Crippen molar-refractivity contribution < 1.29 is 14.3 Å². The SMILES string of the molecule is CCOC(=O)Oc1c(Cl)c(Cl)c(Cl)c(Cl)c1Cl. The zero-order valence-corrected chi connectivity index (χ0v) is 12.1. The summed E-state index contributed by atoms with van der Waals surface area (Å²) in [6.07, 6.45) is -0.967. The van der Waals surface area contributed by atoms with Gasteiger partial charge in [0.25, 0.3) is 0 Å². The van der Waals surface area contributed by atoms with E-state index in [2.05, 4.69) is 4.74 Å². The Morgan fingerprint density at radius 3 is 1.76 bits per heavy atom. The minimum atomic E-state index is -0.967. The second-order valence-corrected chi connectivity index (χ2v) is 4.57. The molecule has 0 N–H and O–H groups in total. The van der Waals surface area contributed by atoms with E-state index in [0.29, 0.717) is 0 Å². The molecule has 0 aliphatic heterocycles. The number of ether oxygens (including phenoxy) is 2. The average Bonchev–Trinajstić information content (AvgIpc) is 2.30. The van der Waals surface area contributed by atoms with Crippen LogP contribution in [0.5, 0.6) is 5.75 Å². The van der Waals surface area contributed by atoms with Crippen LogP contribution in [-0.2, 0) is 4.74 Å². The predicted molar refractivity (Wildman–Crippen MR) is 69.1 cm³/mol. The van der Waals surface area contributed by atoms with Crippen LogP contribution in [0, 0.1) is 0 Å². The highest BCUT2D eigenvalue weighted by atomic mass is 35.5. The smallest absolute Gasteiger partial charge is 0.434 e. The molecular weight excluding hydrogens is 333 g/mol. The third kappa shape index (κ3) is 3.24. The van der Waals surface area contributed by atoms with Gasteiger partial charge in [-0.2, -0.15) is 0 Å². The molecule has 0 radical (unpaired) electrons. The Bertz CT molecular complexity index is 431. The van der Waals surface area contributed by atoms with Gasteiger partial charge >= 0.3 is 6.16 Å². The Balaban J connectivity index is 3.20. The van der Waals surface area contributed by atoms with Crippen LogP contribution >= 0.6 is 58.0 Å². The van der Waals surface area contributed by atoms with E-state index in [0.717, 1.165) is 0 Å². The summed E-state index contributed by atoms with van der Waals surface area (Å²) in [5.74, 6) is -0.189. The average molecular weight is 338 g/mol. The maximum absolute atomic E-state index is 11.1. The standard InChI is InChI=1S/C9H5Cl5O3/c1-2-16-9(15)17-8-6(13)4(11)3(10)5(12)7(8)14/h2H2,1H3. The Kier molecular flexibility index (Phi) is 5.48. The van der Waals surface area contributed by atoms with Gasteiger partial charge in [0.05, 0.1) is 21.7 Å². The van der Waals surface area contributed by atoms with Crippen LogP contribution < -0.4 is 4.74 Å². The van der Waals surface area contributed by atoms with Crippen LogP contribution in [0.1, 0.15) is 6.92 Å². The van der Waals surface area contributed by atoms with Crippen molar-refractivity contribution in [1.82, 2.24) is 0 Å². The number of carbonyl (C=O) groups is 1. The third-order valence-electron chi connectivity index (χ3n) is 1.62. The van der Waals surface area contributed by atoms with Gasteiger partial charge in [-0.15, -0.1) is 0 Å². The van der Waals surface area contributed by atoms with Crippen molar-refractivity contribution in [3.05, 3.63) is 25.1 Å². The molecule has 3 nitrogen and oxygen atoms in total. The molecule has 0 saturated carbocycles. The molecule has 17 heavy (non-hydrogen) atoms. The van der Waals surface area contributed by atoms with E-state index in [-0.39, 0.29) is 37.5 Å². The summed E-state index contributed by atoms with van der Waals surface area (Å²) in [4.78, 5) is 11.1. The molecule has 0 heterocycles. The highest BCUT2D eigenvalue weighted by Crippen LogP contribution is 2.48. The molecule has 0 unspecified atom stereocenters. The molecule has 0 bridgehead atoms. The maximum Gasteiger partial charge on any atom is 0.513 e. The fraction of sp³-hybridized carbons (Fsp3) is 0.222. The second-order valence-electron chi connectivity index (χ2n) is 2.68. The van der Waals surface area contributed by atoms with E-state index >= 15 is 0 Å². The molecule has 1 aromatic carbocycles. The van der Waals surface area contributed by atoms with Gasteiger partial charge in [-0.1, -0.05) is 58.0 Å². The summed E-state index contributed by atoms with van der Waals surface area (Å²) >= 11 is 29.0. The normalized spacial score (nSPS) is 10.2. The van der Waals surface area contributed by atoms with Crippen LogP contribution in [0.3, 0.4) is 0 Å². The van der Waals surface area contributed by atoms with Gasteiger partial charge in [-0.05, 0) is 6.92 Å². The van der Waals surface area contributed by atoms with Gasteiger partial charge in [0.15, 0.2) is 5.75 Å². The zero-order valence-electron chi connectivity index (χ0n) is 8.32. The molecular formula is C9H5Cl5O3. The van der Waals surface area contributed by atoms with Crippen LogP contribution in [0.15, 0.2) is 0 Å². The lowest BCUT2D eigenvalue weighted by Crippen LogP contribution is -2.11. The van der Waals surface area contributed by atoms with Crippen molar-refractivity contribution in [2.45, 2.75) is 6.92 Å². The Morgan fingerprint density at radius 1 is 0.941 bits per heavy atom. The number of carbonyl (C=O) groups excluding carboxylic acids is 1. The van der Waals surface area contributed by atoms with Crippen molar-refractivity contribution >= 4 is 64.2 Å². The molecule has 94 valence electrons. The summed E-state index contributed by atoms with van der Waals surface area (Å²) in [5, 5.41) is -0.346. The number of hydrogen-bond acceptors (Lipinski definition) is 3. The number of rotatable bonds is 2. The van der Waals surface area contributed by atoms with Crippen molar-refractivity contribution in [2.24, 2.45) is 0 Å². The molecule has 8 heteroatoms. The lowest BCUT2D eigenvalue weighted by Gasteiger charge is -2.11. The molecule has 0 aliphatic carbocycles. The Labute approximate surface area is 122 Å². The lowest BCUT2D eigenvalue weighted by atomic mass is 10.3. The topological polar surface area (TPSA) is 35.5 Å². The van der Waals surface area contributed by atoms with E-state index < -0.39 is 6.16 Å². The largest absolute Gasteiger partial charge is 0.513 e. The van der Waals surface area contributed by atoms with Crippen molar-refractivity contribution in [3.63, 3.8) is 0 Å². The van der Waals surface area contributed by atoms with Crippen LogP contribution in [-0.4, -0.2) is 12.8 Å². The molecule has 1 aromatic rings. The van der Waals surface area contributed by atoms with E-state index in [4.69, 9.17) is 62.7 Å². The zero-order chi connectivity index (χ0) is 13.2. The molecule has 0 amide bonds. The van der Waals surface area contributed by atoms with Gasteiger partial charge in [-0.3, -0.25) is 0 Å². The van der Waals surface area contributed by atoms with Crippen molar-refractivity contribution in [2.75, 3.05) is 6.61 Å². The summed E-state index contributed by atoms with van der Waals surface area (Å²) < 4.78 is 9.35. The highest BCUT2D eigenvalue weighted by molar-refractivity contribution is 6.55. The van der Waals surface area contributed by atoms with E-state index in [1.54, 1.807) is 6.92 Å². The molecule has 0 fully saturated rings. The summed E-state index contributed by atoms with van der Waals surface area (Å²) in [5.41, 5.74) is 0. The first-order valence-corrected chi connectivity index (χ1v) is 6.15. The van der Waals surface area contributed by atoms with Gasteiger partial charge in [-0.25, -0.2) is 4.79 Å². The van der Waals surface area contributed by atoms with Gasteiger partial charge < -0.3 is 9.47 Å². The molecule has 0 saturated heterocycles.